The van der Waals surface area contributed by atoms with Gasteiger partial charge in [0, 0.05) is 12.4 Å². The second-order valence-electron chi connectivity index (χ2n) is 6.35. The van der Waals surface area contributed by atoms with Gasteiger partial charge in [-0.1, -0.05) is 0 Å². The number of aromatic nitrogens is 5. The van der Waals surface area contributed by atoms with E-state index in [1.807, 2.05) is 0 Å². The van der Waals surface area contributed by atoms with Gasteiger partial charge in [0.2, 0.25) is 5.95 Å². The molecule has 8 nitrogen and oxygen atoms in total. The summed E-state index contributed by atoms with van der Waals surface area (Å²) >= 11 is 0. The number of carbonyl (C=O) groups is 1. The fourth-order valence-electron chi connectivity index (χ4n) is 2.19. The molecule has 0 atom stereocenters. The van der Waals surface area contributed by atoms with Crippen LogP contribution in [0.4, 0.5) is 18.9 Å². The van der Waals surface area contributed by atoms with Crippen LogP contribution in [0.5, 0.6) is 0 Å². The number of hydrogen-bond acceptors (Lipinski definition) is 6. The fraction of sp³-hybridized carbons (Fsp3) is 0.235. The number of nitrogens with one attached hydrogen (secondary N) is 1. The molecule has 0 fully saturated rings. The Morgan fingerprint density at radius 3 is 2.46 bits per heavy atom. The van der Waals surface area contributed by atoms with E-state index in [0.29, 0.717) is 0 Å². The number of alkyl halides is 3. The maximum atomic E-state index is 12.6. The van der Waals surface area contributed by atoms with E-state index in [2.05, 4.69) is 25.3 Å². The van der Waals surface area contributed by atoms with Crippen molar-refractivity contribution in [2.45, 2.75) is 25.6 Å². The highest BCUT2D eigenvalue weighted by Crippen LogP contribution is 2.28. The average Bonchev–Trinajstić information content (AvgIpc) is 3.15. The number of rotatable bonds is 4. The lowest BCUT2D eigenvalue weighted by Gasteiger charge is -2.18. The highest BCUT2D eigenvalue weighted by atomic mass is 19.4. The van der Waals surface area contributed by atoms with E-state index in [-0.39, 0.29) is 23.0 Å². The predicted molar refractivity (Wildman–Crippen MR) is 91.6 cm³/mol. The van der Waals surface area contributed by atoms with Crippen LogP contribution in [0.3, 0.4) is 0 Å². The Kier molecular flexibility index (Phi) is 4.86. The van der Waals surface area contributed by atoms with Crippen LogP contribution in [0.15, 0.2) is 43.1 Å². The minimum absolute atomic E-state index is 0.0607. The fourth-order valence-corrected chi connectivity index (χ4v) is 2.19. The molecule has 11 heteroatoms. The number of imidazole rings is 1. The van der Waals surface area contributed by atoms with E-state index in [0.717, 1.165) is 18.3 Å². The Bertz CT molecular complexity index is 980. The molecular formula is C17H15F3N6O2. The van der Waals surface area contributed by atoms with E-state index in [1.165, 1.54) is 37.0 Å². The van der Waals surface area contributed by atoms with Crippen molar-refractivity contribution < 1.29 is 23.1 Å². The molecule has 0 unspecified atom stereocenters. The van der Waals surface area contributed by atoms with Crippen LogP contribution in [-0.4, -0.2) is 35.5 Å². The van der Waals surface area contributed by atoms with Gasteiger partial charge in [-0.3, -0.25) is 9.36 Å². The van der Waals surface area contributed by atoms with Gasteiger partial charge in [0.25, 0.3) is 5.91 Å². The van der Waals surface area contributed by atoms with Crippen molar-refractivity contribution in [3.63, 3.8) is 0 Å². The molecule has 3 heterocycles. The maximum absolute atomic E-state index is 12.6. The number of anilines is 1. The Morgan fingerprint density at radius 2 is 1.93 bits per heavy atom. The number of carbonyl (C=O) groups excluding carboxylic acids is 1. The average molecular weight is 392 g/mol. The summed E-state index contributed by atoms with van der Waals surface area (Å²) in [6, 6.07) is 3.14. The number of amides is 1. The van der Waals surface area contributed by atoms with Crippen LogP contribution >= 0.6 is 0 Å². The molecule has 0 saturated carbocycles. The zero-order chi connectivity index (χ0) is 20.5. The molecule has 3 aromatic heterocycles. The van der Waals surface area contributed by atoms with Gasteiger partial charge >= 0.3 is 6.18 Å². The number of aliphatic hydroxyl groups is 1. The molecule has 0 aliphatic heterocycles. The van der Waals surface area contributed by atoms with Crippen molar-refractivity contribution in [2.24, 2.45) is 0 Å². The van der Waals surface area contributed by atoms with Crippen LogP contribution in [0.1, 0.15) is 35.7 Å². The van der Waals surface area contributed by atoms with Gasteiger partial charge in [-0.2, -0.15) is 13.2 Å². The van der Waals surface area contributed by atoms with Crippen molar-refractivity contribution in [1.82, 2.24) is 24.5 Å². The largest absolute Gasteiger partial charge is 0.433 e. The van der Waals surface area contributed by atoms with Crippen LogP contribution in [0.25, 0.3) is 5.95 Å². The standard InChI is InChI=1S/C17H15F3N6O2/c1-16(2,28)13-7-11(24-15(25-13)26-6-5-21-9-26)14(27)23-10-3-4-12(22-8-10)17(18,19)20/h3-9,28H,1-2H3,(H,23,27). The number of pyridine rings is 1. The van der Waals surface area contributed by atoms with E-state index in [4.69, 9.17) is 0 Å². The molecule has 0 aliphatic rings. The lowest BCUT2D eigenvalue weighted by molar-refractivity contribution is -0.141. The molecule has 146 valence electrons. The SMILES string of the molecule is CC(C)(O)c1cc(C(=O)Nc2ccc(C(F)(F)F)nc2)nc(-n2ccnc2)n1. The smallest absolute Gasteiger partial charge is 0.384 e. The Labute approximate surface area is 157 Å². The second kappa shape index (κ2) is 7.00. The van der Waals surface area contributed by atoms with Gasteiger partial charge in [0.1, 0.15) is 23.3 Å². The topological polar surface area (TPSA) is 106 Å². The van der Waals surface area contributed by atoms with Gasteiger partial charge in [0.15, 0.2) is 0 Å². The van der Waals surface area contributed by atoms with Crippen molar-refractivity contribution >= 4 is 11.6 Å². The Balaban J connectivity index is 1.91. The van der Waals surface area contributed by atoms with Crippen LogP contribution in [0, 0.1) is 0 Å². The van der Waals surface area contributed by atoms with Gasteiger partial charge in [-0.15, -0.1) is 0 Å². The quantitative estimate of drug-likeness (QED) is 0.707. The molecule has 0 radical (unpaired) electrons. The zero-order valence-corrected chi connectivity index (χ0v) is 14.8. The van der Waals surface area contributed by atoms with Crippen LogP contribution < -0.4 is 5.32 Å². The summed E-state index contributed by atoms with van der Waals surface area (Å²) in [5.41, 5.74) is -2.27. The first-order valence-corrected chi connectivity index (χ1v) is 7.99. The summed E-state index contributed by atoms with van der Waals surface area (Å²) in [6.45, 7) is 2.99. The molecule has 1 amide bonds. The predicted octanol–water partition coefficient (Wildman–Crippen LogP) is 2.56. The molecule has 0 aliphatic carbocycles. The lowest BCUT2D eigenvalue weighted by atomic mass is 10.0. The number of nitrogens with zero attached hydrogens (tertiary/aromatic N) is 5. The van der Waals surface area contributed by atoms with E-state index in [9.17, 15) is 23.1 Å². The third-order valence-electron chi connectivity index (χ3n) is 3.62. The summed E-state index contributed by atoms with van der Waals surface area (Å²) in [6.07, 6.45) is 0.801. The first kappa shape index (κ1) is 19.4. The molecule has 0 aromatic carbocycles. The summed E-state index contributed by atoms with van der Waals surface area (Å²) < 4.78 is 39.2. The summed E-state index contributed by atoms with van der Waals surface area (Å²) in [7, 11) is 0. The van der Waals surface area contributed by atoms with Crippen molar-refractivity contribution in [3.05, 3.63) is 60.2 Å². The summed E-state index contributed by atoms with van der Waals surface area (Å²) in [4.78, 5) is 28.1. The highest BCUT2D eigenvalue weighted by Gasteiger charge is 2.32. The first-order valence-electron chi connectivity index (χ1n) is 7.99. The zero-order valence-electron chi connectivity index (χ0n) is 14.8. The van der Waals surface area contributed by atoms with Gasteiger partial charge < -0.3 is 10.4 Å². The van der Waals surface area contributed by atoms with E-state index >= 15 is 0 Å². The van der Waals surface area contributed by atoms with E-state index in [1.54, 1.807) is 6.20 Å². The second-order valence-corrected chi connectivity index (χ2v) is 6.35. The molecular weight excluding hydrogens is 377 g/mol. The van der Waals surface area contributed by atoms with Crippen LogP contribution in [-0.2, 0) is 11.8 Å². The monoisotopic (exact) mass is 392 g/mol. The maximum Gasteiger partial charge on any atom is 0.433 e. The normalized spacial score (nSPS) is 12.1. The molecule has 0 saturated heterocycles. The summed E-state index contributed by atoms with van der Waals surface area (Å²) in [5, 5.41) is 12.7. The van der Waals surface area contributed by atoms with Gasteiger partial charge in [-0.05, 0) is 32.0 Å². The molecule has 0 spiro atoms. The number of halogens is 3. The Hall–Kier alpha value is -3.34. The summed E-state index contributed by atoms with van der Waals surface area (Å²) in [5.74, 6) is -0.594. The molecule has 3 aromatic rings. The third-order valence-corrected chi connectivity index (χ3v) is 3.62. The lowest BCUT2D eigenvalue weighted by Crippen LogP contribution is -2.23. The minimum atomic E-state index is -4.57. The minimum Gasteiger partial charge on any atom is -0.384 e. The molecule has 28 heavy (non-hydrogen) atoms. The van der Waals surface area contributed by atoms with Crippen molar-refractivity contribution in [1.29, 1.82) is 0 Å². The highest BCUT2D eigenvalue weighted by molar-refractivity contribution is 6.02. The van der Waals surface area contributed by atoms with Gasteiger partial charge in [-0.25, -0.2) is 19.9 Å². The molecule has 3 rings (SSSR count). The van der Waals surface area contributed by atoms with Crippen molar-refractivity contribution in [3.8, 4) is 5.95 Å². The molecule has 2 N–H and O–H groups in total. The van der Waals surface area contributed by atoms with Crippen LogP contribution in [0.2, 0.25) is 0 Å². The first-order chi connectivity index (χ1) is 13.0. The third kappa shape index (κ3) is 4.31. The van der Waals surface area contributed by atoms with E-state index < -0.39 is 23.4 Å². The number of hydrogen-bond donors (Lipinski definition) is 2. The molecule has 0 bridgehead atoms. The van der Waals surface area contributed by atoms with Crippen molar-refractivity contribution in [2.75, 3.05) is 5.32 Å². The van der Waals surface area contributed by atoms with Gasteiger partial charge in [0.05, 0.1) is 17.6 Å². The Morgan fingerprint density at radius 1 is 1.18 bits per heavy atom.